The molecule has 1 amide bonds. The summed E-state index contributed by atoms with van der Waals surface area (Å²) in [5.41, 5.74) is 1.29. The lowest BCUT2D eigenvalue weighted by molar-refractivity contribution is 0.215. The number of fused-ring (bicyclic) bond motifs is 1. The van der Waals surface area contributed by atoms with Gasteiger partial charge in [-0.05, 0) is 42.8 Å². The Morgan fingerprint density at radius 3 is 2.68 bits per heavy atom. The summed E-state index contributed by atoms with van der Waals surface area (Å²) in [7, 11) is 0. The van der Waals surface area contributed by atoms with Crippen molar-refractivity contribution in [1.82, 2.24) is 4.98 Å². The molecule has 5 nitrogen and oxygen atoms in total. The molecule has 0 spiro atoms. The second-order valence-corrected chi connectivity index (χ2v) is 5.57. The van der Waals surface area contributed by atoms with Crippen molar-refractivity contribution >= 4 is 22.7 Å². The van der Waals surface area contributed by atoms with E-state index in [4.69, 9.17) is 9.47 Å². The monoisotopic (exact) mass is 336 g/mol. The molecule has 0 aliphatic heterocycles. The number of para-hydroxylation sites is 1. The lowest BCUT2D eigenvalue weighted by Gasteiger charge is -2.09. The Hall–Kier alpha value is -3.08. The first-order chi connectivity index (χ1) is 12.3. The Morgan fingerprint density at radius 2 is 1.88 bits per heavy atom. The van der Waals surface area contributed by atoms with Gasteiger partial charge in [0.2, 0.25) is 0 Å². The highest BCUT2D eigenvalue weighted by Gasteiger charge is 2.09. The van der Waals surface area contributed by atoms with Crippen LogP contribution in [0, 0.1) is 0 Å². The van der Waals surface area contributed by atoms with Crippen LogP contribution >= 0.6 is 0 Å². The number of carbonyl (C=O) groups is 1. The molecule has 0 saturated carbocycles. The van der Waals surface area contributed by atoms with E-state index in [9.17, 15) is 4.79 Å². The topological polar surface area (TPSA) is 60.5 Å². The third-order valence-electron chi connectivity index (χ3n) is 3.67. The van der Waals surface area contributed by atoms with Crippen molar-refractivity contribution in [1.29, 1.82) is 0 Å². The van der Waals surface area contributed by atoms with E-state index in [1.807, 2.05) is 36.4 Å². The fourth-order valence-corrected chi connectivity index (χ4v) is 2.37. The molecule has 0 radical (unpaired) electrons. The van der Waals surface area contributed by atoms with E-state index in [1.165, 1.54) is 0 Å². The SMILES string of the molecule is CCCCOc1ccc(NC(=O)Oc2cccc3cccnc23)cc1. The summed E-state index contributed by atoms with van der Waals surface area (Å²) in [4.78, 5) is 16.4. The van der Waals surface area contributed by atoms with Gasteiger partial charge in [-0.1, -0.05) is 31.5 Å². The van der Waals surface area contributed by atoms with Gasteiger partial charge in [0.25, 0.3) is 0 Å². The number of hydrogen-bond donors (Lipinski definition) is 1. The summed E-state index contributed by atoms with van der Waals surface area (Å²) < 4.78 is 11.0. The van der Waals surface area contributed by atoms with Crippen LogP contribution in [0.5, 0.6) is 11.5 Å². The number of pyridine rings is 1. The number of carbonyl (C=O) groups excluding carboxylic acids is 1. The molecule has 0 bridgehead atoms. The summed E-state index contributed by atoms with van der Waals surface area (Å²) in [6, 6.07) is 16.4. The zero-order valence-corrected chi connectivity index (χ0v) is 14.1. The van der Waals surface area contributed by atoms with Crippen LogP contribution in [-0.2, 0) is 0 Å². The molecule has 3 aromatic rings. The van der Waals surface area contributed by atoms with Gasteiger partial charge in [0.1, 0.15) is 11.3 Å². The van der Waals surface area contributed by atoms with Crippen LogP contribution in [-0.4, -0.2) is 17.7 Å². The van der Waals surface area contributed by atoms with Gasteiger partial charge >= 0.3 is 6.09 Å². The highest BCUT2D eigenvalue weighted by atomic mass is 16.6. The first kappa shape index (κ1) is 16.8. The molecule has 1 aromatic heterocycles. The number of anilines is 1. The van der Waals surface area contributed by atoms with Crippen LogP contribution in [0.1, 0.15) is 19.8 Å². The van der Waals surface area contributed by atoms with Crippen molar-refractivity contribution in [2.75, 3.05) is 11.9 Å². The zero-order valence-electron chi connectivity index (χ0n) is 14.1. The second kappa shape index (κ2) is 8.15. The number of benzene rings is 2. The molecule has 0 unspecified atom stereocenters. The Labute approximate surface area is 146 Å². The van der Waals surface area contributed by atoms with Gasteiger partial charge in [-0.25, -0.2) is 4.79 Å². The number of nitrogens with one attached hydrogen (secondary N) is 1. The average molecular weight is 336 g/mol. The van der Waals surface area contributed by atoms with Crippen LogP contribution in [0.25, 0.3) is 10.9 Å². The fourth-order valence-electron chi connectivity index (χ4n) is 2.37. The average Bonchev–Trinajstić information content (AvgIpc) is 2.64. The number of amides is 1. The van der Waals surface area contributed by atoms with Crippen molar-refractivity contribution < 1.29 is 14.3 Å². The van der Waals surface area contributed by atoms with Gasteiger partial charge in [-0.2, -0.15) is 0 Å². The molecule has 0 atom stereocenters. The predicted octanol–water partition coefficient (Wildman–Crippen LogP) is 5.02. The number of hydrogen-bond acceptors (Lipinski definition) is 4. The van der Waals surface area contributed by atoms with Crippen LogP contribution in [0.3, 0.4) is 0 Å². The minimum atomic E-state index is -0.558. The molecule has 5 heteroatoms. The van der Waals surface area contributed by atoms with Crippen molar-refractivity contribution in [2.45, 2.75) is 19.8 Å². The number of nitrogens with zero attached hydrogens (tertiary/aromatic N) is 1. The molecule has 0 fully saturated rings. The zero-order chi connectivity index (χ0) is 17.5. The lowest BCUT2D eigenvalue weighted by atomic mass is 10.2. The summed E-state index contributed by atoms with van der Waals surface area (Å²) in [5, 5.41) is 3.62. The Kier molecular flexibility index (Phi) is 5.46. The maximum absolute atomic E-state index is 12.1. The maximum Gasteiger partial charge on any atom is 0.417 e. The highest BCUT2D eigenvalue weighted by Crippen LogP contribution is 2.23. The van der Waals surface area contributed by atoms with Crippen molar-refractivity contribution in [2.24, 2.45) is 0 Å². The molecule has 25 heavy (non-hydrogen) atoms. The van der Waals surface area contributed by atoms with Crippen molar-refractivity contribution in [3.05, 3.63) is 60.8 Å². The van der Waals surface area contributed by atoms with Gasteiger partial charge in [0.15, 0.2) is 5.75 Å². The summed E-state index contributed by atoms with van der Waals surface area (Å²) >= 11 is 0. The van der Waals surface area contributed by atoms with E-state index in [1.54, 1.807) is 24.4 Å². The third-order valence-corrected chi connectivity index (χ3v) is 3.67. The Balaban J connectivity index is 1.62. The molecule has 2 aromatic carbocycles. The Morgan fingerprint density at radius 1 is 1.08 bits per heavy atom. The Bertz CT molecular complexity index is 842. The largest absolute Gasteiger partial charge is 0.494 e. The standard InChI is InChI=1S/C20H20N2O3/c1-2-3-14-24-17-11-9-16(10-12-17)22-20(23)25-18-8-4-6-15-7-5-13-21-19(15)18/h4-13H,2-3,14H2,1H3,(H,22,23). The summed E-state index contributed by atoms with van der Waals surface area (Å²) in [5.74, 6) is 1.21. The fraction of sp³-hybridized carbons (Fsp3) is 0.200. The van der Waals surface area contributed by atoms with E-state index < -0.39 is 6.09 Å². The molecule has 3 rings (SSSR count). The van der Waals surface area contributed by atoms with Crippen LogP contribution < -0.4 is 14.8 Å². The number of rotatable bonds is 6. The number of unbranched alkanes of at least 4 members (excludes halogenated alkanes) is 1. The quantitative estimate of drug-likeness (QED) is 0.642. The molecular formula is C20H20N2O3. The summed E-state index contributed by atoms with van der Waals surface area (Å²) in [6.45, 7) is 2.81. The summed E-state index contributed by atoms with van der Waals surface area (Å²) in [6.07, 6.45) is 3.22. The van der Waals surface area contributed by atoms with Crippen LogP contribution in [0.2, 0.25) is 0 Å². The van der Waals surface area contributed by atoms with E-state index >= 15 is 0 Å². The van der Waals surface area contributed by atoms with Crippen LogP contribution in [0.15, 0.2) is 60.8 Å². The molecular weight excluding hydrogens is 316 g/mol. The van der Waals surface area contributed by atoms with Crippen LogP contribution in [0.4, 0.5) is 10.5 Å². The van der Waals surface area contributed by atoms with Gasteiger partial charge in [0, 0.05) is 17.3 Å². The molecule has 0 aliphatic rings. The molecule has 1 N–H and O–H groups in total. The number of ether oxygens (including phenoxy) is 2. The minimum Gasteiger partial charge on any atom is -0.494 e. The van der Waals surface area contributed by atoms with E-state index in [0.717, 1.165) is 24.0 Å². The molecule has 0 saturated heterocycles. The van der Waals surface area contributed by atoms with Gasteiger partial charge in [-0.15, -0.1) is 0 Å². The minimum absolute atomic E-state index is 0.426. The lowest BCUT2D eigenvalue weighted by Crippen LogP contribution is -2.16. The predicted molar refractivity (Wildman–Crippen MR) is 98.2 cm³/mol. The maximum atomic E-state index is 12.1. The van der Waals surface area contributed by atoms with E-state index in [0.29, 0.717) is 23.6 Å². The van der Waals surface area contributed by atoms with E-state index in [2.05, 4.69) is 17.2 Å². The second-order valence-electron chi connectivity index (χ2n) is 5.57. The highest BCUT2D eigenvalue weighted by molar-refractivity contribution is 5.91. The first-order valence-corrected chi connectivity index (χ1v) is 8.31. The number of aromatic nitrogens is 1. The normalized spacial score (nSPS) is 10.4. The molecule has 0 aliphatic carbocycles. The van der Waals surface area contributed by atoms with E-state index in [-0.39, 0.29) is 0 Å². The van der Waals surface area contributed by atoms with Crippen molar-refractivity contribution in [3.63, 3.8) is 0 Å². The van der Waals surface area contributed by atoms with Gasteiger partial charge in [-0.3, -0.25) is 10.3 Å². The molecule has 1 heterocycles. The van der Waals surface area contributed by atoms with Gasteiger partial charge in [0.05, 0.1) is 6.61 Å². The molecule has 128 valence electrons. The third kappa shape index (κ3) is 4.47. The smallest absolute Gasteiger partial charge is 0.417 e. The van der Waals surface area contributed by atoms with Crippen molar-refractivity contribution in [3.8, 4) is 11.5 Å². The van der Waals surface area contributed by atoms with Gasteiger partial charge < -0.3 is 9.47 Å². The first-order valence-electron chi connectivity index (χ1n) is 8.31.